The average molecular weight is 421 g/mol. The topological polar surface area (TPSA) is 38.7 Å². The largest absolute Gasteiger partial charge is 0.479 e. The van der Waals surface area contributed by atoms with Gasteiger partial charge < -0.3 is 14.6 Å². The van der Waals surface area contributed by atoms with Crippen LogP contribution in [0, 0.1) is 29.6 Å². The predicted octanol–water partition coefficient (Wildman–Crippen LogP) is 5.21. The molecule has 0 bridgehead atoms. The Hall–Kier alpha value is 0.510. The Kier molecular flexibility index (Phi) is 10.1. The van der Waals surface area contributed by atoms with E-state index >= 15 is 0 Å². The second-order valence-corrected chi connectivity index (χ2v) is 10.7. The predicted molar refractivity (Wildman–Crippen MR) is 118 cm³/mol. The summed E-state index contributed by atoms with van der Waals surface area (Å²) in [4.78, 5) is 0. The van der Waals surface area contributed by atoms with E-state index in [1.54, 1.807) is 11.8 Å². The SMILES string of the molecule is CSC(=S)OCCCS[C@H](O)C(C)[C@@H]1CC[C@@H](C)[C@@H]2CCC(C)OCC12. The molecule has 0 amide bonds. The maximum absolute atomic E-state index is 10.8. The molecule has 3 nitrogen and oxygen atoms in total. The average Bonchev–Trinajstić information content (AvgIpc) is 2.83. The molecule has 1 saturated carbocycles. The van der Waals surface area contributed by atoms with Crippen LogP contribution in [0.5, 0.6) is 0 Å². The lowest BCUT2D eigenvalue weighted by Crippen LogP contribution is -2.41. The first-order valence-electron chi connectivity index (χ1n) is 10.1. The number of ether oxygens (including phenoxy) is 2. The van der Waals surface area contributed by atoms with E-state index in [2.05, 4.69) is 20.8 Å². The van der Waals surface area contributed by atoms with Crippen LogP contribution < -0.4 is 0 Å². The molecule has 0 spiro atoms. The lowest BCUT2D eigenvalue weighted by atomic mass is 9.63. The van der Waals surface area contributed by atoms with Gasteiger partial charge in [0.05, 0.1) is 19.3 Å². The highest BCUT2D eigenvalue weighted by Gasteiger charge is 2.42. The molecule has 2 fully saturated rings. The van der Waals surface area contributed by atoms with Crippen LogP contribution in [-0.4, -0.2) is 46.3 Å². The molecule has 2 aliphatic rings. The van der Waals surface area contributed by atoms with Crippen molar-refractivity contribution in [3.8, 4) is 0 Å². The van der Waals surface area contributed by atoms with Gasteiger partial charge in [0.1, 0.15) is 5.44 Å². The first kappa shape index (κ1) is 22.8. The standard InChI is InChI=1S/C20H36O3S3/c1-13-6-8-17(18-12-23-14(2)7-9-16(13)18)15(3)19(21)26-11-5-10-22-20(24)25-4/h13-19,21H,5-12H2,1-4H3/t13-,14?,15?,16+,17+,18?,19+/m1/s1. The first-order valence-corrected chi connectivity index (χ1v) is 12.7. The molecular weight excluding hydrogens is 384 g/mol. The smallest absolute Gasteiger partial charge is 0.219 e. The lowest BCUT2D eigenvalue weighted by molar-refractivity contribution is -0.0201. The summed E-state index contributed by atoms with van der Waals surface area (Å²) in [6, 6.07) is 0. The molecule has 1 heterocycles. The highest BCUT2D eigenvalue weighted by atomic mass is 32.2. The van der Waals surface area contributed by atoms with Gasteiger partial charge in [0.15, 0.2) is 0 Å². The first-order chi connectivity index (χ1) is 12.4. The molecule has 0 aromatic rings. The van der Waals surface area contributed by atoms with Crippen LogP contribution in [0.3, 0.4) is 0 Å². The fourth-order valence-corrected chi connectivity index (χ4v) is 5.96. The van der Waals surface area contributed by atoms with Crippen molar-refractivity contribution in [2.24, 2.45) is 29.6 Å². The maximum atomic E-state index is 10.8. The molecule has 3 unspecified atom stereocenters. The fourth-order valence-electron chi connectivity index (χ4n) is 4.65. The van der Waals surface area contributed by atoms with Crippen LogP contribution in [0.15, 0.2) is 0 Å². The van der Waals surface area contributed by atoms with Crippen molar-refractivity contribution in [1.29, 1.82) is 0 Å². The molecule has 6 heteroatoms. The minimum Gasteiger partial charge on any atom is -0.479 e. The van der Waals surface area contributed by atoms with E-state index in [0.29, 0.717) is 34.8 Å². The number of aliphatic hydroxyl groups is 1. The van der Waals surface area contributed by atoms with Crippen LogP contribution in [0.2, 0.25) is 0 Å². The highest BCUT2D eigenvalue weighted by Crippen LogP contribution is 2.47. The Morgan fingerprint density at radius 1 is 1.23 bits per heavy atom. The van der Waals surface area contributed by atoms with Gasteiger partial charge in [-0.1, -0.05) is 32.0 Å². The van der Waals surface area contributed by atoms with E-state index in [-0.39, 0.29) is 5.44 Å². The molecule has 1 aliphatic heterocycles. The van der Waals surface area contributed by atoms with Gasteiger partial charge in [0.25, 0.3) is 0 Å². The van der Waals surface area contributed by atoms with Crippen molar-refractivity contribution < 1.29 is 14.6 Å². The van der Waals surface area contributed by atoms with Crippen LogP contribution in [-0.2, 0) is 9.47 Å². The third-order valence-electron chi connectivity index (χ3n) is 6.35. The van der Waals surface area contributed by atoms with Gasteiger partial charge in [0.2, 0.25) is 4.38 Å². The second kappa shape index (κ2) is 11.5. The quantitative estimate of drug-likeness (QED) is 0.346. The zero-order chi connectivity index (χ0) is 19.1. The number of thiocarbonyl (C=S) groups is 1. The summed E-state index contributed by atoms with van der Waals surface area (Å²) in [6.45, 7) is 8.38. The van der Waals surface area contributed by atoms with E-state index in [1.807, 2.05) is 6.26 Å². The lowest BCUT2D eigenvalue weighted by Gasteiger charge is -2.44. The Balaban J connectivity index is 1.82. The Bertz CT molecular complexity index is 435. The fraction of sp³-hybridized carbons (Fsp3) is 0.950. The minimum atomic E-state index is -0.303. The number of thioether (sulfide) groups is 2. The summed E-state index contributed by atoms with van der Waals surface area (Å²) in [5, 5.41) is 10.8. The van der Waals surface area contributed by atoms with Crippen LogP contribution in [0.25, 0.3) is 0 Å². The van der Waals surface area contributed by atoms with Gasteiger partial charge in [-0.05, 0) is 86.4 Å². The molecule has 0 aromatic carbocycles. The van der Waals surface area contributed by atoms with Gasteiger partial charge in [-0.15, -0.1) is 11.8 Å². The molecule has 0 aromatic heterocycles. The zero-order valence-electron chi connectivity index (χ0n) is 16.7. The third kappa shape index (κ3) is 6.54. The van der Waals surface area contributed by atoms with E-state index < -0.39 is 0 Å². The molecule has 1 saturated heterocycles. The maximum Gasteiger partial charge on any atom is 0.219 e. The van der Waals surface area contributed by atoms with Crippen molar-refractivity contribution in [2.45, 2.75) is 64.4 Å². The molecule has 2 rings (SSSR count). The van der Waals surface area contributed by atoms with Crippen LogP contribution in [0.1, 0.15) is 52.9 Å². The summed E-state index contributed by atoms with van der Waals surface area (Å²) in [6.07, 6.45) is 8.22. The Morgan fingerprint density at radius 2 is 2.00 bits per heavy atom. The number of aliphatic hydroxyl groups excluding tert-OH is 1. The summed E-state index contributed by atoms with van der Waals surface area (Å²) < 4.78 is 12.2. The Morgan fingerprint density at radius 3 is 2.73 bits per heavy atom. The molecule has 7 atom stereocenters. The van der Waals surface area contributed by atoms with Crippen molar-refractivity contribution in [2.75, 3.05) is 25.2 Å². The van der Waals surface area contributed by atoms with Gasteiger partial charge in [0, 0.05) is 0 Å². The van der Waals surface area contributed by atoms with E-state index in [9.17, 15) is 5.11 Å². The normalized spacial score (nSPS) is 34.4. The summed E-state index contributed by atoms with van der Waals surface area (Å²) >= 11 is 8.17. The number of hydrogen-bond acceptors (Lipinski definition) is 6. The third-order valence-corrected chi connectivity index (χ3v) is 8.72. The van der Waals surface area contributed by atoms with Crippen molar-refractivity contribution in [3.05, 3.63) is 0 Å². The monoisotopic (exact) mass is 420 g/mol. The van der Waals surface area contributed by atoms with Gasteiger partial charge >= 0.3 is 0 Å². The zero-order valence-corrected chi connectivity index (χ0v) is 19.1. The van der Waals surface area contributed by atoms with E-state index in [0.717, 1.165) is 30.6 Å². The van der Waals surface area contributed by atoms with Crippen LogP contribution in [0.4, 0.5) is 0 Å². The van der Waals surface area contributed by atoms with Gasteiger partial charge in [-0.25, -0.2) is 0 Å². The number of fused-ring (bicyclic) bond motifs is 1. The number of rotatable bonds is 7. The molecule has 1 N–H and O–H groups in total. The Labute approximate surface area is 173 Å². The molecular formula is C20H36O3S3. The van der Waals surface area contributed by atoms with E-state index in [4.69, 9.17) is 21.7 Å². The van der Waals surface area contributed by atoms with Crippen molar-refractivity contribution in [1.82, 2.24) is 0 Å². The van der Waals surface area contributed by atoms with Gasteiger partial charge in [-0.3, -0.25) is 0 Å². The summed E-state index contributed by atoms with van der Waals surface area (Å²) in [5.74, 6) is 3.96. The molecule has 1 aliphatic carbocycles. The molecule has 152 valence electrons. The van der Waals surface area contributed by atoms with Crippen molar-refractivity contribution >= 4 is 40.1 Å². The highest BCUT2D eigenvalue weighted by molar-refractivity contribution is 8.22. The summed E-state index contributed by atoms with van der Waals surface area (Å²) in [7, 11) is 0. The molecule has 0 radical (unpaired) electrons. The summed E-state index contributed by atoms with van der Waals surface area (Å²) in [5.41, 5.74) is -0.303. The number of hydrogen-bond donors (Lipinski definition) is 1. The van der Waals surface area contributed by atoms with Crippen LogP contribution >= 0.6 is 35.7 Å². The minimum absolute atomic E-state index is 0.303. The van der Waals surface area contributed by atoms with E-state index in [1.165, 1.54) is 37.4 Å². The molecule has 26 heavy (non-hydrogen) atoms. The second-order valence-electron chi connectivity index (χ2n) is 8.04. The van der Waals surface area contributed by atoms with Crippen molar-refractivity contribution in [3.63, 3.8) is 0 Å². The van der Waals surface area contributed by atoms with Gasteiger partial charge in [-0.2, -0.15) is 0 Å².